The van der Waals surface area contributed by atoms with E-state index < -0.39 is 0 Å². The molecule has 0 saturated carbocycles. The molecule has 152 valence electrons. The Morgan fingerprint density at radius 3 is 2.52 bits per heavy atom. The summed E-state index contributed by atoms with van der Waals surface area (Å²) < 4.78 is 2.11. The van der Waals surface area contributed by atoms with Crippen LogP contribution in [0.4, 0.5) is 5.95 Å². The third-order valence-corrected chi connectivity index (χ3v) is 5.84. The van der Waals surface area contributed by atoms with Gasteiger partial charge in [0.2, 0.25) is 5.95 Å². The average Bonchev–Trinajstić information content (AvgIpc) is 3.41. The van der Waals surface area contributed by atoms with Crippen LogP contribution in [-0.4, -0.2) is 19.4 Å². The fourth-order valence-electron chi connectivity index (χ4n) is 3.49. The Bertz CT molecular complexity index is 1320. The molecule has 0 saturated heterocycles. The Hall–Kier alpha value is -3.77. The fourth-order valence-corrected chi connectivity index (χ4v) is 4.21. The molecule has 3 heterocycles. The van der Waals surface area contributed by atoms with E-state index in [0.29, 0.717) is 5.95 Å². The summed E-state index contributed by atoms with van der Waals surface area (Å²) in [6.45, 7) is 2.10. The first-order valence-corrected chi connectivity index (χ1v) is 11.0. The van der Waals surface area contributed by atoms with E-state index >= 15 is 0 Å². The maximum Gasteiger partial charge on any atom is 0.223 e. The van der Waals surface area contributed by atoms with Crippen molar-refractivity contribution in [1.29, 1.82) is 0 Å². The van der Waals surface area contributed by atoms with E-state index in [0.717, 1.165) is 27.6 Å². The molecular formula is C25H21N5S. The van der Waals surface area contributed by atoms with E-state index in [9.17, 15) is 0 Å². The molecule has 0 fully saturated rings. The highest BCUT2D eigenvalue weighted by molar-refractivity contribution is 7.15. The summed E-state index contributed by atoms with van der Waals surface area (Å²) in [5.41, 5.74) is 5.13. The number of fused-ring (bicyclic) bond motifs is 1. The fraction of sp³-hybridized carbons (Fsp3) is 0.0800. The van der Waals surface area contributed by atoms with Crippen LogP contribution in [0.25, 0.3) is 28.4 Å². The van der Waals surface area contributed by atoms with Gasteiger partial charge in [-0.3, -0.25) is 4.40 Å². The first-order chi connectivity index (χ1) is 15.3. The van der Waals surface area contributed by atoms with E-state index in [1.54, 1.807) is 17.5 Å². The molecule has 0 bridgehead atoms. The van der Waals surface area contributed by atoms with E-state index in [2.05, 4.69) is 57.0 Å². The minimum Gasteiger partial charge on any atom is -0.348 e. The zero-order valence-electron chi connectivity index (χ0n) is 17.0. The van der Waals surface area contributed by atoms with Crippen molar-refractivity contribution in [2.75, 3.05) is 5.32 Å². The summed E-state index contributed by atoms with van der Waals surface area (Å²) in [6.07, 6.45) is 7.91. The van der Waals surface area contributed by atoms with Gasteiger partial charge in [0.1, 0.15) is 0 Å². The van der Waals surface area contributed by atoms with Crippen LogP contribution < -0.4 is 5.32 Å². The predicted molar refractivity (Wildman–Crippen MR) is 128 cm³/mol. The number of hydrogen-bond donors (Lipinski definition) is 1. The van der Waals surface area contributed by atoms with Crippen LogP contribution in [-0.2, 0) is 0 Å². The van der Waals surface area contributed by atoms with Gasteiger partial charge in [-0.15, -0.1) is 11.3 Å². The molecule has 2 aromatic carbocycles. The van der Waals surface area contributed by atoms with Crippen molar-refractivity contribution in [3.8, 4) is 11.3 Å². The highest BCUT2D eigenvalue weighted by Gasteiger charge is 2.13. The predicted octanol–water partition coefficient (Wildman–Crippen LogP) is 6.20. The number of hydrogen-bond acceptors (Lipinski definition) is 5. The van der Waals surface area contributed by atoms with E-state index in [-0.39, 0.29) is 6.04 Å². The second-order valence-electron chi connectivity index (χ2n) is 7.18. The summed E-state index contributed by atoms with van der Waals surface area (Å²) in [4.78, 5) is 14.9. The second-order valence-corrected chi connectivity index (χ2v) is 8.06. The van der Waals surface area contributed by atoms with Crippen molar-refractivity contribution >= 4 is 34.4 Å². The van der Waals surface area contributed by atoms with Crippen LogP contribution >= 0.6 is 11.3 Å². The Kier molecular flexibility index (Phi) is 5.29. The van der Waals surface area contributed by atoms with Gasteiger partial charge in [0.15, 0.2) is 4.96 Å². The maximum absolute atomic E-state index is 4.83. The molecule has 0 aliphatic carbocycles. The van der Waals surface area contributed by atoms with Gasteiger partial charge in [-0.2, -0.15) is 0 Å². The minimum absolute atomic E-state index is 0.116. The molecule has 1 unspecified atom stereocenters. The number of nitrogens with one attached hydrogen (secondary N) is 1. The largest absolute Gasteiger partial charge is 0.348 e. The quantitative estimate of drug-likeness (QED) is 0.353. The Labute approximate surface area is 184 Å². The van der Waals surface area contributed by atoms with Crippen LogP contribution in [0.1, 0.15) is 29.9 Å². The summed E-state index contributed by atoms with van der Waals surface area (Å²) >= 11 is 1.63. The number of anilines is 1. The number of rotatable bonds is 6. The van der Waals surface area contributed by atoms with E-state index in [4.69, 9.17) is 4.98 Å². The lowest BCUT2D eigenvalue weighted by atomic mass is 10.1. The number of nitrogens with zero attached hydrogens (tertiary/aromatic N) is 4. The number of imidazole rings is 1. The molecule has 6 heteroatoms. The highest BCUT2D eigenvalue weighted by atomic mass is 32.1. The first-order valence-electron chi connectivity index (χ1n) is 10.1. The molecule has 1 atom stereocenters. The molecule has 31 heavy (non-hydrogen) atoms. The van der Waals surface area contributed by atoms with Gasteiger partial charge >= 0.3 is 0 Å². The number of thiazole rings is 1. The van der Waals surface area contributed by atoms with Gasteiger partial charge in [0.25, 0.3) is 0 Å². The molecule has 0 amide bonds. The van der Waals surface area contributed by atoms with Crippen molar-refractivity contribution in [3.63, 3.8) is 0 Å². The molecule has 5 aromatic rings. The number of aromatic nitrogens is 4. The summed E-state index contributed by atoms with van der Waals surface area (Å²) in [7, 11) is 0. The Balaban J connectivity index is 1.43. The van der Waals surface area contributed by atoms with Gasteiger partial charge < -0.3 is 5.32 Å². The van der Waals surface area contributed by atoms with Crippen molar-refractivity contribution in [2.45, 2.75) is 13.0 Å². The molecule has 3 aromatic heterocycles. The first kappa shape index (κ1) is 19.2. The van der Waals surface area contributed by atoms with Gasteiger partial charge in [0, 0.05) is 23.3 Å². The molecular weight excluding hydrogens is 402 g/mol. The van der Waals surface area contributed by atoms with Crippen LogP contribution in [0.2, 0.25) is 0 Å². The van der Waals surface area contributed by atoms with Gasteiger partial charge in [-0.05, 0) is 30.7 Å². The van der Waals surface area contributed by atoms with Crippen molar-refractivity contribution < 1.29 is 0 Å². The molecule has 0 aliphatic heterocycles. The third kappa shape index (κ3) is 4.11. The lowest BCUT2D eigenvalue weighted by molar-refractivity contribution is 0.859. The Morgan fingerprint density at radius 1 is 0.935 bits per heavy atom. The normalized spacial score (nSPS) is 12.4. The van der Waals surface area contributed by atoms with Gasteiger partial charge in [-0.25, -0.2) is 15.0 Å². The molecule has 0 radical (unpaired) electrons. The minimum atomic E-state index is 0.116. The SMILES string of the molecule is CC(Nc1nccc(/C=C/c2c(-c3ccccc3)nc3sccn23)n1)c1ccccc1. The van der Waals surface area contributed by atoms with Crippen molar-refractivity contribution in [2.24, 2.45) is 0 Å². The molecule has 0 spiro atoms. The summed E-state index contributed by atoms with van der Waals surface area (Å²) in [5, 5.41) is 5.43. The summed E-state index contributed by atoms with van der Waals surface area (Å²) in [6, 6.07) is 22.6. The van der Waals surface area contributed by atoms with Crippen LogP contribution in [0.15, 0.2) is 84.5 Å². The standard InChI is InChI=1S/C25H21N5S/c1-18(19-8-4-2-5-9-19)27-24-26-15-14-21(28-24)12-13-22-23(20-10-6-3-7-11-20)29-25-30(22)16-17-31-25/h2-18H,1H3,(H,26,27,28)/b13-12+. The number of benzene rings is 2. The average molecular weight is 424 g/mol. The molecule has 5 rings (SSSR count). The zero-order chi connectivity index (χ0) is 21.0. The van der Waals surface area contributed by atoms with Gasteiger partial charge in [0.05, 0.1) is 23.1 Å². The zero-order valence-corrected chi connectivity index (χ0v) is 17.8. The smallest absolute Gasteiger partial charge is 0.223 e. The molecule has 1 N–H and O–H groups in total. The lowest BCUT2D eigenvalue weighted by Gasteiger charge is -2.14. The van der Waals surface area contributed by atoms with E-state index in [1.807, 2.05) is 60.1 Å². The molecule has 5 nitrogen and oxygen atoms in total. The molecule has 0 aliphatic rings. The Morgan fingerprint density at radius 2 is 1.71 bits per heavy atom. The second kappa shape index (κ2) is 8.53. The summed E-state index contributed by atoms with van der Waals surface area (Å²) in [5.74, 6) is 0.607. The topological polar surface area (TPSA) is 55.1 Å². The monoisotopic (exact) mass is 423 g/mol. The lowest BCUT2D eigenvalue weighted by Crippen LogP contribution is -2.09. The van der Waals surface area contributed by atoms with Crippen molar-refractivity contribution in [1.82, 2.24) is 19.4 Å². The maximum atomic E-state index is 4.83. The van der Waals surface area contributed by atoms with E-state index in [1.165, 1.54) is 5.56 Å². The van der Waals surface area contributed by atoms with Gasteiger partial charge in [-0.1, -0.05) is 60.7 Å². The van der Waals surface area contributed by atoms with Crippen LogP contribution in [0, 0.1) is 0 Å². The van der Waals surface area contributed by atoms with Crippen LogP contribution in [0.5, 0.6) is 0 Å². The third-order valence-electron chi connectivity index (χ3n) is 5.08. The van der Waals surface area contributed by atoms with Crippen molar-refractivity contribution in [3.05, 3.63) is 101 Å². The van der Waals surface area contributed by atoms with Crippen LogP contribution in [0.3, 0.4) is 0 Å². The highest BCUT2D eigenvalue weighted by Crippen LogP contribution is 2.28.